The van der Waals surface area contributed by atoms with Gasteiger partial charge in [-0.1, -0.05) is 18.2 Å². The Bertz CT molecular complexity index is 921. The molecule has 0 bridgehead atoms. The highest BCUT2D eigenvalue weighted by Crippen LogP contribution is 2.25. The molecule has 0 spiro atoms. The number of carbonyl (C=O) groups is 3. The number of hydrogen-bond donors (Lipinski definition) is 2. The highest BCUT2D eigenvalue weighted by Gasteiger charge is 2.36. The molecule has 4 rings (SSSR count). The highest BCUT2D eigenvalue weighted by atomic mass is 32.1. The fraction of sp³-hybridized carbons (Fsp3) is 0.409. The zero-order chi connectivity index (χ0) is 21.1. The topological polar surface area (TPSA) is 78.5 Å². The number of likely N-dealkylation sites (tertiary alicyclic amines) is 1. The van der Waals surface area contributed by atoms with Gasteiger partial charge in [-0.05, 0) is 55.2 Å². The van der Waals surface area contributed by atoms with E-state index in [4.69, 9.17) is 0 Å². The second-order valence-electron chi connectivity index (χ2n) is 7.82. The molecule has 2 N–H and O–H groups in total. The minimum atomic E-state index is -0.647. The van der Waals surface area contributed by atoms with Crippen LogP contribution in [0.4, 0.5) is 4.39 Å². The molecule has 1 aromatic carbocycles. The molecule has 1 aliphatic carbocycles. The van der Waals surface area contributed by atoms with Crippen molar-refractivity contribution in [2.24, 2.45) is 5.92 Å². The third-order valence-electron chi connectivity index (χ3n) is 5.64. The Morgan fingerprint density at radius 3 is 2.40 bits per heavy atom. The van der Waals surface area contributed by atoms with E-state index >= 15 is 0 Å². The van der Waals surface area contributed by atoms with Gasteiger partial charge in [0, 0.05) is 19.1 Å². The summed E-state index contributed by atoms with van der Waals surface area (Å²) in [6.07, 6.45) is 3.06. The minimum absolute atomic E-state index is 0.0602. The van der Waals surface area contributed by atoms with Crippen LogP contribution in [-0.2, 0) is 4.79 Å². The molecule has 3 amide bonds. The van der Waals surface area contributed by atoms with Crippen LogP contribution in [0.3, 0.4) is 0 Å². The molecule has 1 unspecified atom stereocenters. The second kappa shape index (κ2) is 8.95. The molecule has 8 heteroatoms. The van der Waals surface area contributed by atoms with Gasteiger partial charge in [-0.3, -0.25) is 14.4 Å². The molecule has 1 aliphatic heterocycles. The molecule has 2 aliphatic rings. The number of halogens is 1. The lowest BCUT2D eigenvalue weighted by Gasteiger charge is -2.35. The van der Waals surface area contributed by atoms with Gasteiger partial charge in [-0.15, -0.1) is 11.3 Å². The van der Waals surface area contributed by atoms with E-state index in [0.29, 0.717) is 30.8 Å². The lowest BCUT2D eigenvalue weighted by atomic mass is 9.88. The van der Waals surface area contributed by atoms with Crippen LogP contribution in [0.5, 0.6) is 0 Å². The van der Waals surface area contributed by atoms with Crippen molar-refractivity contribution in [3.63, 3.8) is 0 Å². The van der Waals surface area contributed by atoms with Crippen molar-refractivity contribution in [1.29, 1.82) is 0 Å². The summed E-state index contributed by atoms with van der Waals surface area (Å²) in [4.78, 5) is 40.2. The Hall–Kier alpha value is -2.74. The number of nitrogens with zero attached hydrogens (tertiary/aromatic N) is 1. The average molecular weight is 430 g/mol. The van der Waals surface area contributed by atoms with Gasteiger partial charge in [0.2, 0.25) is 5.91 Å². The van der Waals surface area contributed by atoms with Crippen molar-refractivity contribution in [1.82, 2.24) is 15.5 Å². The summed E-state index contributed by atoms with van der Waals surface area (Å²) in [6.45, 7) is 0.833. The molecular weight excluding hydrogens is 405 g/mol. The third-order valence-corrected chi connectivity index (χ3v) is 6.51. The normalized spacial score (nSPS) is 18.0. The second-order valence-corrected chi connectivity index (χ2v) is 8.77. The first-order valence-electron chi connectivity index (χ1n) is 10.2. The van der Waals surface area contributed by atoms with Crippen LogP contribution in [0.2, 0.25) is 0 Å². The molecule has 30 heavy (non-hydrogen) atoms. The Morgan fingerprint density at radius 2 is 1.77 bits per heavy atom. The number of piperidine rings is 1. The van der Waals surface area contributed by atoms with E-state index < -0.39 is 11.9 Å². The predicted octanol–water partition coefficient (Wildman–Crippen LogP) is 2.82. The largest absolute Gasteiger partial charge is 0.352 e. The number of nitrogens with one attached hydrogen (secondary N) is 2. The predicted molar refractivity (Wildman–Crippen MR) is 112 cm³/mol. The fourth-order valence-electron chi connectivity index (χ4n) is 3.78. The Balaban J connectivity index is 1.42. The van der Waals surface area contributed by atoms with E-state index in [2.05, 4.69) is 10.6 Å². The van der Waals surface area contributed by atoms with Crippen molar-refractivity contribution in [3.05, 3.63) is 58.0 Å². The number of thiophene rings is 1. The van der Waals surface area contributed by atoms with Gasteiger partial charge in [0.05, 0.1) is 10.4 Å². The number of rotatable bonds is 6. The average Bonchev–Trinajstić information content (AvgIpc) is 3.39. The zero-order valence-corrected chi connectivity index (χ0v) is 17.3. The molecule has 6 nitrogen and oxygen atoms in total. The van der Waals surface area contributed by atoms with E-state index in [1.807, 2.05) is 5.38 Å². The summed E-state index contributed by atoms with van der Waals surface area (Å²) in [5.74, 6) is -1.38. The van der Waals surface area contributed by atoms with Crippen LogP contribution in [-0.4, -0.2) is 47.8 Å². The molecule has 2 heterocycles. The maximum absolute atomic E-state index is 14.0. The molecule has 158 valence electrons. The SMILES string of the molecule is O=C(NC(C(=O)NC1CC1)C1CCN(C(=O)c2ccccc2F)CC1)c1cccs1. The van der Waals surface area contributed by atoms with E-state index in [1.165, 1.54) is 23.5 Å². The van der Waals surface area contributed by atoms with Crippen molar-refractivity contribution in [3.8, 4) is 0 Å². The minimum Gasteiger partial charge on any atom is -0.352 e. The molecule has 1 atom stereocenters. The maximum Gasteiger partial charge on any atom is 0.262 e. The summed E-state index contributed by atoms with van der Waals surface area (Å²) >= 11 is 1.33. The van der Waals surface area contributed by atoms with Gasteiger partial charge in [0.25, 0.3) is 11.8 Å². The number of amides is 3. The van der Waals surface area contributed by atoms with E-state index in [1.54, 1.807) is 29.2 Å². The zero-order valence-electron chi connectivity index (χ0n) is 16.5. The van der Waals surface area contributed by atoms with Gasteiger partial charge < -0.3 is 15.5 Å². The van der Waals surface area contributed by atoms with Crippen LogP contribution >= 0.6 is 11.3 Å². The Labute approximate surface area is 178 Å². The van der Waals surface area contributed by atoms with Crippen LogP contribution in [0, 0.1) is 11.7 Å². The first-order chi connectivity index (χ1) is 14.5. The summed E-state index contributed by atoms with van der Waals surface area (Å²) in [5, 5.41) is 7.71. The van der Waals surface area contributed by atoms with E-state index in [-0.39, 0.29) is 35.2 Å². The maximum atomic E-state index is 14.0. The highest BCUT2D eigenvalue weighted by molar-refractivity contribution is 7.12. The molecular formula is C22H24FN3O3S. The van der Waals surface area contributed by atoms with Crippen LogP contribution in [0.15, 0.2) is 41.8 Å². The smallest absolute Gasteiger partial charge is 0.262 e. The Morgan fingerprint density at radius 1 is 1.03 bits per heavy atom. The van der Waals surface area contributed by atoms with Crippen LogP contribution < -0.4 is 10.6 Å². The first-order valence-corrected chi connectivity index (χ1v) is 11.1. The molecule has 1 saturated carbocycles. The van der Waals surface area contributed by atoms with Gasteiger partial charge in [-0.2, -0.15) is 0 Å². The molecule has 0 radical (unpaired) electrons. The van der Waals surface area contributed by atoms with E-state index in [0.717, 1.165) is 12.8 Å². The van der Waals surface area contributed by atoms with E-state index in [9.17, 15) is 18.8 Å². The first kappa shape index (κ1) is 20.5. The standard InChI is InChI=1S/C22H24FN3O3S/c23-17-5-2-1-4-16(17)22(29)26-11-9-14(10-12-26)19(21(28)24-15-7-8-15)25-20(27)18-6-3-13-30-18/h1-6,13-15,19H,7-12H2,(H,24,28)(H,25,27). The molecule has 2 aromatic rings. The summed E-state index contributed by atoms with van der Waals surface area (Å²) in [5.41, 5.74) is 0.0602. The lowest BCUT2D eigenvalue weighted by molar-refractivity contribution is -0.124. The number of carbonyl (C=O) groups excluding carboxylic acids is 3. The lowest BCUT2D eigenvalue weighted by Crippen LogP contribution is -2.54. The van der Waals surface area contributed by atoms with Gasteiger partial charge in [-0.25, -0.2) is 4.39 Å². The number of hydrogen-bond acceptors (Lipinski definition) is 4. The van der Waals surface area contributed by atoms with Gasteiger partial charge in [0.1, 0.15) is 11.9 Å². The van der Waals surface area contributed by atoms with Crippen LogP contribution in [0.1, 0.15) is 45.7 Å². The Kier molecular flexibility index (Phi) is 6.13. The van der Waals surface area contributed by atoms with Crippen molar-refractivity contribution < 1.29 is 18.8 Å². The summed E-state index contributed by atoms with van der Waals surface area (Å²) in [6, 6.07) is 9.03. The molecule has 1 saturated heterocycles. The fourth-order valence-corrected chi connectivity index (χ4v) is 4.40. The van der Waals surface area contributed by atoms with Crippen molar-refractivity contribution in [2.75, 3.05) is 13.1 Å². The molecule has 2 fully saturated rings. The number of benzene rings is 1. The van der Waals surface area contributed by atoms with Crippen molar-refractivity contribution >= 4 is 29.1 Å². The summed E-state index contributed by atoms with van der Waals surface area (Å²) < 4.78 is 14.0. The van der Waals surface area contributed by atoms with Gasteiger partial charge >= 0.3 is 0 Å². The van der Waals surface area contributed by atoms with Crippen LogP contribution in [0.25, 0.3) is 0 Å². The third kappa shape index (κ3) is 4.70. The quantitative estimate of drug-likeness (QED) is 0.741. The molecule has 1 aromatic heterocycles. The van der Waals surface area contributed by atoms with Crippen molar-refractivity contribution in [2.45, 2.75) is 37.8 Å². The summed E-state index contributed by atoms with van der Waals surface area (Å²) in [7, 11) is 0. The van der Waals surface area contributed by atoms with Gasteiger partial charge in [0.15, 0.2) is 0 Å². The monoisotopic (exact) mass is 429 g/mol.